The fourth-order valence-electron chi connectivity index (χ4n) is 1.72. The first-order valence-electron chi connectivity index (χ1n) is 5.99. The second kappa shape index (κ2) is 5.49. The number of rotatable bonds is 5. The minimum absolute atomic E-state index is 0.278. The number of nitrogens with zero attached hydrogens (tertiary/aromatic N) is 1. The van der Waals surface area contributed by atoms with Gasteiger partial charge < -0.3 is 9.52 Å². The number of aryl methyl sites for hydroxylation is 1. The molecule has 4 heteroatoms. The molecule has 0 saturated carbocycles. The monoisotopic (exact) mass is 245 g/mol. The van der Waals surface area contributed by atoms with Gasteiger partial charge in [0.05, 0.1) is 6.20 Å². The van der Waals surface area contributed by atoms with Crippen LogP contribution in [0, 0.1) is 0 Å². The van der Waals surface area contributed by atoms with Crippen LogP contribution in [0.4, 0.5) is 0 Å². The number of benzene rings is 1. The molecule has 94 valence electrons. The summed E-state index contributed by atoms with van der Waals surface area (Å²) in [4.78, 5) is 14.4. The summed E-state index contributed by atoms with van der Waals surface area (Å²) in [7, 11) is 0. The number of oxazole rings is 1. The summed E-state index contributed by atoms with van der Waals surface area (Å²) in [5.41, 5.74) is 2.12. The number of carbonyl (C=O) groups is 1. The Morgan fingerprint density at radius 2 is 2.06 bits per heavy atom. The van der Waals surface area contributed by atoms with Gasteiger partial charge in [0, 0.05) is 5.56 Å². The van der Waals surface area contributed by atoms with Gasteiger partial charge in [0.25, 0.3) is 0 Å². The summed E-state index contributed by atoms with van der Waals surface area (Å²) in [6, 6.07) is 7.93. The Labute approximate surface area is 105 Å². The molecule has 1 aromatic heterocycles. The van der Waals surface area contributed by atoms with Crippen LogP contribution >= 0.6 is 0 Å². The zero-order valence-electron chi connectivity index (χ0n) is 10.2. The average Bonchev–Trinajstić information content (AvgIpc) is 2.87. The summed E-state index contributed by atoms with van der Waals surface area (Å²) in [5.74, 6) is -0.949. The Bertz CT molecular complexity index is 528. The first-order valence-corrected chi connectivity index (χ1v) is 5.99. The standard InChI is InChI=1S/C14H15NO3/c1-2-3-4-10-5-7-11(8-6-10)12-9-15-13(18-12)14(16)17/h5-9H,2-4H2,1H3,(H,16,17). The van der Waals surface area contributed by atoms with E-state index in [2.05, 4.69) is 11.9 Å². The number of hydrogen-bond donors (Lipinski definition) is 1. The molecule has 1 N–H and O–H groups in total. The molecule has 0 fully saturated rings. The largest absolute Gasteiger partial charge is 0.474 e. The quantitative estimate of drug-likeness (QED) is 0.877. The molecule has 0 atom stereocenters. The smallest absolute Gasteiger partial charge is 0.392 e. The highest BCUT2D eigenvalue weighted by molar-refractivity contribution is 5.82. The maximum atomic E-state index is 10.7. The van der Waals surface area contributed by atoms with Gasteiger partial charge in [0.2, 0.25) is 0 Å². The Morgan fingerprint density at radius 3 is 2.61 bits per heavy atom. The van der Waals surface area contributed by atoms with Crippen LogP contribution in [-0.2, 0) is 6.42 Å². The van der Waals surface area contributed by atoms with Crippen LogP contribution in [0.5, 0.6) is 0 Å². The van der Waals surface area contributed by atoms with E-state index in [1.54, 1.807) is 0 Å². The van der Waals surface area contributed by atoms with E-state index in [4.69, 9.17) is 9.52 Å². The number of carboxylic acid groups (broad SMARTS) is 1. The van der Waals surface area contributed by atoms with Crippen LogP contribution in [0.2, 0.25) is 0 Å². The maximum absolute atomic E-state index is 10.7. The van der Waals surface area contributed by atoms with Crippen LogP contribution in [0.1, 0.15) is 36.0 Å². The number of aromatic nitrogens is 1. The van der Waals surface area contributed by atoms with Gasteiger partial charge in [0.15, 0.2) is 5.76 Å². The number of aromatic carboxylic acids is 1. The van der Waals surface area contributed by atoms with Gasteiger partial charge in [-0.05, 0) is 18.4 Å². The SMILES string of the molecule is CCCCc1ccc(-c2cnc(C(=O)O)o2)cc1. The zero-order valence-corrected chi connectivity index (χ0v) is 10.2. The highest BCUT2D eigenvalue weighted by atomic mass is 16.4. The molecule has 1 aromatic carbocycles. The summed E-state index contributed by atoms with van der Waals surface area (Å²) in [6.45, 7) is 2.16. The van der Waals surface area contributed by atoms with E-state index >= 15 is 0 Å². The van der Waals surface area contributed by atoms with Crippen molar-refractivity contribution in [2.75, 3.05) is 0 Å². The van der Waals surface area contributed by atoms with E-state index in [0.29, 0.717) is 5.76 Å². The second-order valence-electron chi connectivity index (χ2n) is 4.14. The maximum Gasteiger partial charge on any atom is 0.392 e. The number of unbranched alkanes of at least 4 members (excludes halogenated alkanes) is 1. The highest BCUT2D eigenvalue weighted by Gasteiger charge is 2.12. The van der Waals surface area contributed by atoms with E-state index in [1.807, 2.05) is 24.3 Å². The lowest BCUT2D eigenvalue weighted by atomic mass is 10.1. The lowest BCUT2D eigenvalue weighted by Crippen LogP contribution is -1.94. The molecule has 4 nitrogen and oxygen atoms in total. The lowest BCUT2D eigenvalue weighted by molar-refractivity contribution is 0.0654. The first kappa shape index (κ1) is 12.4. The van der Waals surface area contributed by atoms with Crippen molar-refractivity contribution in [3.05, 3.63) is 41.9 Å². The Hall–Kier alpha value is -2.10. The topological polar surface area (TPSA) is 63.3 Å². The van der Waals surface area contributed by atoms with Crippen molar-refractivity contribution in [2.45, 2.75) is 26.2 Å². The minimum atomic E-state index is -1.15. The van der Waals surface area contributed by atoms with Gasteiger partial charge in [-0.2, -0.15) is 0 Å². The van der Waals surface area contributed by atoms with Crippen LogP contribution in [0.25, 0.3) is 11.3 Å². The number of hydrogen-bond acceptors (Lipinski definition) is 3. The molecule has 2 aromatic rings. The molecule has 0 bridgehead atoms. The van der Waals surface area contributed by atoms with E-state index in [0.717, 1.165) is 12.0 Å². The summed E-state index contributed by atoms with van der Waals surface area (Å²) in [5, 5.41) is 8.73. The van der Waals surface area contributed by atoms with Crippen LogP contribution in [-0.4, -0.2) is 16.1 Å². The molecule has 1 heterocycles. The average molecular weight is 245 g/mol. The van der Waals surface area contributed by atoms with Gasteiger partial charge in [-0.1, -0.05) is 37.6 Å². The Morgan fingerprint density at radius 1 is 1.33 bits per heavy atom. The van der Waals surface area contributed by atoms with Crippen molar-refractivity contribution >= 4 is 5.97 Å². The predicted molar refractivity (Wildman–Crippen MR) is 67.5 cm³/mol. The normalized spacial score (nSPS) is 10.5. The van der Waals surface area contributed by atoms with Crippen molar-refractivity contribution in [1.29, 1.82) is 0 Å². The van der Waals surface area contributed by atoms with Crippen molar-refractivity contribution in [2.24, 2.45) is 0 Å². The van der Waals surface area contributed by atoms with Crippen LogP contribution < -0.4 is 0 Å². The molecule has 0 radical (unpaired) electrons. The molecule has 0 spiro atoms. The molecule has 18 heavy (non-hydrogen) atoms. The Balaban J connectivity index is 2.15. The van der Waals surface area contributed by atoms with Crippen molar-refractivity contribution < 1.29 is 14.3 Å². The first-order chi connectivity index (χ1) is 8.70. The van der Waals surface area contributed by atoms with E-state index < -0.39 is 5.97 Å². The lowest BCUT2D eigenvalue weighted by Gasteiger charge is -2.01. The molecule has 0 amide bonds. The fraction of sp³-hybridized carbons (Fsp3) is 0.286. The van der Waals surface area contributed by atoms with Gasteiger partial charge in [0.1, 0.15) is 0 Å². The van der Waals surface area contributed by atoms with Gasteiger partial charge in [-0.3, -0.25) is 0 Å². The molecule has 0 aliphatic carbocycles. The molecule has 0 unspecified atom stereocenters. The molecule has 0 aliphatic heterocycles. The summed E-state index contributed by atoms with van der Waals surface area (Å²) < 4.78 is 5.14. The minimum Gasteiger partial charge on any atom is -0.474 e. The predicted octanol–water partition coefficient (Wildman–Crippen LogP) is 3.38. The highest BCUT2D eigenvalue weighted by Crippen LogP contribution is 2.21. The van der Waals surface area contributed by atoms with Crippen molar-refractivity contribution in [1.82, 2.24) is 4.98 Å². The van der Waals surface area contributed by atoms with E-state index in [-0.39, 0.29) is 5.89 Å². The van der Waals surface area contributed by atoms with Gasteiger partial charge in [-0.15, -0.1) is 0 Å². The summed E-state index contributed by atoms with van der Waals surface area (Å²) in [6.07, 6.45) is 4.84. The third-order valence-corrected chi connectivity index (χ3v) is 2.75. The Kier molecular flexibility index (Phi) is 3.77. The van der Waals surface area contributed by atoms with Crippen LogP contribution in [0.15, 0.2) is 34.9 Å². The zero-order chi connectivity index (χ0) is 13.0. The third kappa shape index (κ3) is 2.77. The van der Waals surface area contributed by atoms with E-state index in [9.17, 15) is 4.79 Å². The van der Waals surface area contributed by atoms with Crippen LogP contribution in [0.3, 0.4) is 0 Å². The van der Waals surface area contributed by atoms with Crippen molar-refractivity contribution in [3.63, 3.8) is 0 Å². The molecular weight excluding hydrogens is 230 g/mol. The molecule has 0 aliphatic rings. The molecule has 2 rings (SSSR count). The number of carboxylic acids is 1. The molecule has 0 saturated heterocycles. The third-order valence-electron chi connectivity index (χ3n) is 2.75. The van der Waals surface area contributed by atoms with Gasteiger partial charge in [-0.25, -0.2) is 9.78 Å². The fourth-order valence-corrected chi connectivity index (χ4v) is 1.72. The summed E-state index contributed by atoms with van der Waals surface area (Å²) >= 11 is 0. The van der Waals surface area contributed by atoms with Gasteiger partial charge >= 0.3 is 11.9 Å². The molecular formula is C14H15NO3. The van der Waals surface area contributed by atoms with E-state index in [1.165, 1.54) is 24.6 Å². The second-order valence-corrected chi connectivity index (χ2v) is 4.14. The van der Waals surface area contributed by atoms with Crippen molar-refractivity contribution in [3.8, 4) is 11.3 Å².